The van der Waals surface area contributed by atoms with Crippen LogP contribution in [0, 0.1) is 0 Å². The van der Waals surface area contributed by atoms with E-state index in [4.69, 9.17) is 18.6 Å². The summed E-state index contributed by atoms with van der Waals surface area (Å²) in [4.78, 5) is 12.5. The van der Waals surface area contributed by atoms with E-state index in [0.717, 1.165) is 11.1 Å². The Labute approximate surface area is 167 Å². The van der Waals surface area contributed by atoms with Gasteiger partial charge in [-0.3, -0.25) is 4.79 Å². The zero-order valence-corrected chi connectivity index (χ0v) is 16.0. The third kappa shape index (κ3) is 4.01. The third-order valence-electron chi connectivity index (χ3n) is 4.36. The van der Waals surface area contributed by atoms with Crippen molar-refractivity contribution in [2.45, 2.75) is 0 Å². The standard InChI is InChI=1S/C23H19NO5/c1-26-17-10-12-19(13-11-17)28-18-8-6-16(7-9-18)24-23(25)21-14-15-4-3-5-20(27-2)22(15)29-21/h3-14H,1-2H3,(H,24,25). The molecule has 29 heavy (non-hydrogen) atoms. The molecule has 3 aromatic carbocycles. The number of ether oxygens (including phenoxy) is 3. The van der Waals surface area contributed by atoms with Crippen molar-refractivity contribution < 1.29 is 23.4 Å². The molecule has 6 nitrogen and oxygen atoms in total. The summed E-state index contributed by atoms with van der Waals surface area (Å²) in [6.07, 6.45) is 0. The molecule has 1 N–H and O–H groups in total. The van der Waals surface area contributed by atoms with E-state index in [1.165, 1.54) is 0 Å². The number of nitrogens with one attached hydrogen (secondary N) is 1. The number of para-hydroxylation sites is 1. The average molecular weight is 389 g/mol. The first-order valence-corrected chi connectivity index (χ1v) is 8.96. The summed E-state index contributed by atoms with van der Waals surface area (Å²) in [5.74, 6) is 2.57. The van der Waals surface area contributed by atoms with Gasteiger partial charge in [0.25, 0.3) is 5.91 Å². The van der Waals surface area contributed by atoms with Crippen LogP contribution in [0.2, 0.25) is 0 Å². The third-order valence-corrected chi connectivity index (χ3v) is 4.36. The largest absolute Gasteiger partial charge is 0.497 e. The Hall–Kier alpha value is -3.93. The van der Waals surface area contributed by atoms with Crippen LogP contribution in [0.15, 0.2) is 77.2 Å². The number of fused-ring (bicyclic) bond motifs is 1. The quantitative estimate of drug-likeness (QED) is 0.472. The van der Waals surface area contributed by atoms with Gasteiger partial charge in [0.2, 0.25) is 0 Å². The van der Waals surface area contributed by atoms with Gasteiger partial charge in [0.05, 0.1) is 14.2 Å². The lowest BCUT2D eigenvalue weighted by molar-refractivity contribution is 0.0998. The van der Waals surface area contributed by atoms with Crippen LogP contribution in [-0.4, -0.2) is 20.1 Å². The van der Waals surface area contributed by atoms with Gasteiger partial charge in [-0.25, -0.2) is 0 Å². The molecule has 0 aliphatic heterocycles. The molecular weight excluding hydrogens is 370 g/mol. The molecule has 1 amide bonds. The maximum Gasteiger partial charge on any atom is 0.291 e. The Bertz CT molecular complexity index is 1130. The van der Waals surface area contributed by atoms with Crippen LogP contribution in [0.1, 0.15) is 10.6 Å². The number of furan rings is 1. The van der Waals surface area contributed by atoms with Gasteiger partial charge in [-0.2, -0.15) is 0 Å². The van der Waals surface area contributed by atoms with E-state index in [9.17, 15) is 4.79 Å². The van der Waals surface area contributed by atoms with E-state index < -0.39 is 0 Å². The highest BCUT2D eigenvalue weighted by molar-refractivity contribution is 6.05. The number of hydrogen-bond donors (Lipinski definition) is 1. The molecule has 0 bridgehead atoms. The van der Waals surface area contributed by atoms with Crippen molar-refractivity contribution in [2.24, 2.45) is 0 Å². The first-order valence-electron chi connectivity index (χ1n) is 8.96. The van der Waals surface area contributed by atoms with Crippen LogP contribution in [0.5, 0.6) is 23.0 Å². The summed E-state index contributed by atoms with van der Waals surface area (Å²) in [7, 11) is 3.18. The van der Waals surface area contributed by atoms with Crippen LogP contribution < -0.4 is 19.5 Å². The molecule has 6 heteroatoms. The molecule has 4 aromatic rings. The van der Waals surface area contributed by atoms with Crippen LogP contribution in [0.3, 0.4) is 0 Å². The summed E-state index contributed by atoms with van der Waals surface area (Å²) in [5.41, 5.74) is 1.17. The van der Waals surface area contributed by atoms with Crippen molar-refractivity contribution >= 4 is 22.6 Å². The number of amides is 1. The fourth-order valence-electron chi connectivity index (χ4n) is 2.89. The summed E-state index contributed by atoms with van der Waals surface area (Å²) >= 11 is 0. The molecule has 0 saturated heterocycles. The minimum absolute atomic E-state index is 0.211. The SMILES string of the molecule is COc1ccc(Oc2ccc(NC(=O)c3cc4cccc(OC)c4o3)cc2)cc1. The van der Waals surface area contributed by atoms with E-state index >= 15 is 0 Å². The average Bonchev–Trinajstić information content (AvgIpc) is 3.20. The Balaban J connectivity index is 1.44. The molecule has 1 heterocycles. The highest BCUT2D eigenvalue weighted by Gasteiger charge is 2.15. The lowest BCUT2D eigenvalue weighted by atomic mass is 10.2. The Morgan fingerprint density at radius 1 is 0.828 bits per heavy atom. The fourth-order valence-corrected chi connectivity index (χ4v) is 2.89. The van der Waals surface area contributed by atoms with Crippen molar-refractivity contribution in [3.8, 4) is 23.0 Å². The first kappa shape index (κ1) is 18.4. The molecule has 0 radical (unpaired) electrons. The molecule has 0 atom stereocenters. The summed E-state index contributed by atoms with van der Waals surface area (Å²) < 4.78 is 21.9. The number of hydrogen-bond acceptors (Lipinski definition) is 5. The van der Waals surface area contributed by atoms with E-state index in [2.05, 4.69) is 5.32 Å². The molecule has 0 aliphatic carbocycles. The number of rotatable bonds is 6. The molecule has 146 valence electrons. The number of methoxy groups -OCH3 is 2. The van der Waals surface area contributed by atoms with E-state index in [1.54, 1.807) is 50.6 Å². The highest BCUT2D eigenvalue weighted by atomic mass is 16.5. The van der Waals surface area contributed by atoms with Crippen LogP contribution in [0.25, 0.3) is 11.0 Å². The van der Waals surface area contributed by atoms with Crippen LogP contribution in [0.4, 0.5) is 5.69 Å². The van der Waals surface area contributed by atoms with Gasteiger partial charge in [0.1, 0.15) is 17.2 Å². The molecule has 0 spiro atoms. The fraction of sp³-hybridized carbons (Fsp3) is 0.0870. The van der Waals surface area contributed by atoms with Crippen LogP contribution in [-0.2, 0) is 0 Å². The Kier molecular flexibility index (Phi) is 5.07. The van der Waals surface area contributed by atoms with Gasteiger partial charge in [-0.1, -0.05) is 12.1 Å². The van der Waals surface area contributed by atoms with Crippen molar-refractivity contribution in [3.05, 3.63) is 78.6 Å². The first-order chi connectivity index (χ1) is 14.2. The number of carbonyl (C=O) groups is 1. The van der Waals surface area contributed by atoms with Crippen molar-refractivity contribution in [1.29, 1.82) is 0 Å². The van der Waals surface area contributed by atoms with Crippen molar-refractivity contribution in [1.82, 2.24) is 0 Å². The second-order valence-corrected chi connectivity index (χ2v) is 6.25. The maximum atomic E-state index is 12.5. The maximum absolute atomic E-state index is 12.5. The Morgan fingerprint density at radius 2 is 1.48 bits per heavy atom. The van der Waals surface area contributed by atoms with E-state index in [0.29, 0.717) is 28.5 Å². The van der Waals surface area contributed by atoms with Gasteiger partial charge in [0, 0.05) is 11.1 Å². The molecule has 0 saturated carbocycles. The molecule has 0 unspecified atom stereocenters. The molecule has 0 aliphatic rings. The Morgan fingerprint density at radius 3 is 2.14 bits per heavy atom. The zero-order valence-electron chi connectivity index (χ0n) is 16.0. The summed E-state index contributed by atoms with van der Waals surface area (Å²) in [5, 5.41) is 3.62. The molecule has 4 rings (SSSR count). The molecule has 0 fully saturated rings. The van der Waals surface area contributed by atoms with E-state index in [1.807, 2.05) is 36.4 Å². The monoisotopic (exact) mass is 389 g/mol. The van der Waals surface area contributed by atoms with Gasteiger partial charge in [-0.15, -0.1) is 0 Å². The number of benzene rings is 3. The van der Waals surface area contributed by atoms with Gasteiger partial charge in [0.15, 0.2) is 17.1 Å². The normalized spacial score (nSPS) is 10.6. The zero-order chi connectivity index (χ0) is 20.2. The minimum Gasteiger partial charge on any atom is -0.497 e. The lowest BCUT2D eigenvalue weighted by Gasteiger charge is -2.08. The number of carbonyl (C=O) groups excluding carboxylic acids is 1. The topological polar surface area (TPSA) is 69.9 Å². The van der Waals surface area contributed by atoms with Crippen molar-refractivity contribution in [3.63, 3.8) is 0 Å². The van der Waals surface area contributed by atoms with Gasteiger partial charge < -0.3 is 23.9 Å². The molecular formula is C23H19NO5. The van der Waals surface area contributed by atoms with Crippen LogP contribution >= 0.6 is 0 Å². The predicted octanol–water partition coefficient (Wildman–Crippen LogP) is 5.49. The summed E-state index contributed by atoms with van der Waals surface area (Å²) in [6, 6.07) is 21.6. The second kappa shape index (κ2) is 7.98. The van der Waals surface area contributed by atoms with Gasteiger partial charge in [-0.05, 0) is 60.7 Å². The minimum atomic E-state index is -0.341. The summed E-state index contributed by atoms with van der Waals surface area (Å²) in [6.45, 7) is 0. The molecule has 1 aromatic heterocycles. The predicted molar refractivity (Wildman–Crippen MR) is 110 cm³/mol. The second-order valence-electron chi connectivity index (χ2n) is 6.25. The highest BCUT2D eigenvalue weighted by Crippen LogP contribution is 2.29. The lowest BCUT2D eigenvalue weighted by Crippen LogP contribution is -2.10. The van der Waals surface area contributed by atoms with E-state index in [-0.39, 0.29) is 11.7 Å². The van der Waals surface area contributed by atoms with Crippen molar-refractivity contribution in [2.75, 3.05) is 19.5 Å². The smallest absolute Gasteiger partial charge is 0.291 e. The van der Waals surface area contributed by atoms with Gasteiger partial charge >= 0.3 is 0 Å². The number of anilines is 1.